The summed E-state index contributed by atoms with van der Waals surface area (Å²) >= 11 is 12.7. The molecule has 0 bridgehead atoms. The Kier molecular flexibility index (Phi) is 7.60. The van der Waals surface area contributed by atoms with Gasteiger partial charge in [0, 0.05) is 24.8 Å². The smallest absolute Gasteiger partial charge is 0.326 e. The standard InChI is InChI=1S/C23H23Cl2N7O3/c24-16-9-14(29-23(34)30-22(33)18(27)12-26)10-17(25)21(16)35-15-3-4-19-20(11-15)32(13-28-19)8-7-31-5-1-2-6-31/h3-4,9-11,27-28H,1-2,5-8,13H2,(H2,29,30,33,34). The van der Waals surface area contributed by atoms with E-state index in [2.05, 4.69) is 20.4 Å². The molecule has 3 amide bonds. The van der Waals surface area contributed by atoms with Crippen molar-refractivity contribution < 1.29 is 14.3 Å². The van der Waals surface area contributed by atoms with Crippen LogP contribution in [0.3, 0.4) is 0 Å². The van der Waals surface area contributed by atoms with Crippen molar-refractivity contribution in [2.45, 2.75) is 12.8 Å². The third kappa shape index (κ3) is 5.95. The summed E-state index contributed by atoms with van der Waals surface area (Å²) < 4.78 is 5.99. The van der Waals surface area contributed by atoms with Gasteiger partial charge in [-0.15, -0.1) is 0 Å². The Hall–Kier alpha value is -3.52. The number of carbonyl (C=O) groups excluding carboxylic acids is 2. The van der Waals surface area contributed by atoms with E-state index in [1.807, 2.05) is 23.5 Å². The van der Waals surface area contributed by atoms with Crippen LogP contribution >= 0.6 is 23.2 Å². The maximum Gasteiger partial charge on any atom is 0.326 e. The maximum atomic E-state index is 11.9. The van der Waals surface area contributed by atoms with Gasteiger partial charge in [0.25, 0.3) is 5.91 Å². The summed E-state index contributed by atoms with van der Waals surface area (Å²) in [4.78, 5) is 28.2. The number of urea groups is 1. The topological polar surface area (TPSA) is 134 Å². The summed E-state index contributed by atoms with van der Waals surface area (Å²) in [7, 11) is 0. The molecule has 0 aromatic heterocycles. The monoisotopic (exact) mass is 515 g/mol. The lowest BCUT2D eigenvalue weighted by Crippen LogP contribution is -2.38. The number of amides is 3. The molecule has 0 radical (unpaired) electrons. The number of hydrogen-bond acceptors (Lipinski definition) is 8. The molecule has 35 heavy (non-hydrogen) atoms. The van der Waals surface area contributed by atoms with E-state index in [0.717, 1.165) is 44.2 Å². The molecular formula is C23H23Cl2N7O3. The lowest BCUT2D eigenvalue weighted by molar-refractivity contribution is -0.113. The Morgan fingerprint density at radius 1 is 1.14 bits per heavy atom. The van der Waals surface area contributed by atoms with Gasteiger partial charge in [-0.2, -0.15) is 5.26 Å². The second kappa shape index (κ2) is 10.8. The number of carbonyl (C=O) groups is 2. The molecule has 12 heteroatoms. The number of halogens is 2. The van der Waals surface area contributed by atoms with Crippen molar-refractivity contribution in [1.29, 1.82) is 10.7 Å². The van der Waals surface area contributed by atoms with Crippen molar-refractivity contribution in [3.63, 3.8) is 0 Å². The van der Waals surface area contributed by atoms with Gasteiger partial charge < -0.3 is 25.2 Å². The quantitative estimate of drug-likeness (QED) is 0.404. The normalized spacial score (nSPS) is 14.6. The van der Waals surface area contributed by atoms with Gasteiger partial charge in [-0.25, -0.2) is 4.79 Å². The fourth-order valence-corrected chi connectivity index (χ4v) is 4.51. The lowest BCUT2D eigenvalue weighted by Gasteiger charge is -2.22. The SMILES string of the molecule is N#CC(=N)C(=O)NC(=O)Nc1cc(Cl)c(Oc2ccc3c(c2)N(CCN2CCCC2)CN3)c(Cl)c1. The molecule has 4 N–H and O–H groups in total. The molecule has 0 saturated carbocycles. The van der Waals surface area contributed by atoms with E-state index in [9.17, 15) is 9.59 Å². The number of nitrogens with zero attached hydrogens (tertiary/aromatic N) is 3. The highest BCUT2D eigenvalue weighted by Crippen LogP contribution is 2.41. The molecule has 1 saturated heterocycles. The molecule has 2 aliphatic rings. The number of nitrogens with one attached hydrogen (secondary N) is 4. The summed E-state index contributed by atoms with van der Waals surface area (Å²) in [5.41, 5.74) is 1.38. The van der Waals surface area contributed by atoms with Crippen LogP contribution in [-0.2, 0) is 4.79 Å². The number of likely N-dealkylation sites (tertiary alicyclic amines) is 1. The molecule has 1 fully saturated rings. The van der Waals surface area contributed by atoms with Gasteiger partial charge in [-0.1, -0.05) is 23.2 Å². The number of hydrogen-bond donors (Lipinski definition) is 4. The van der Waals surface area contributed by atoms with Crippen LogP contribution in [0.2, 0.25) is 10.0 Å². The highest BCUT2D eigenvalue weighted by Gasteiger charge is 2.22. The summed E-state index contributed by atoms with van der Waals surface area (Å²) in [5.74, 6) is -0.347. The van der Waals surface area contributed by atoms with Crippen LogP contribution in [0.4, 0.5) is 21.9 Å². The van der Waals surface area contributed by atoms with Crippen molar-refractivity contribution >= 4 is 57.9 Å². The molecule has 4 rings (SSSR count). The van der Waals surface area contributed by atoms with Crippen molar-refractivity contribution in [1.82, 2.24) is 10.2 Å². The molecule has 0 unspecified atom stereocenters. The molecule has 182 valence electrons. The molecule has 10 nitrogen and oxygen atoms in total. The van der Waals surface area contributed by atoms with E-state index in [-0.39, 0.29) is 21.5 Å². The van der Waals surface area contributed by atoms with E-state index < -0.39 is 17.6 Å². The van der Waals surface area contributed by atoms with Crippen LogP contribution in [-0.4, -0.2) is 55.4 Å². The number of rotatable bonds is 7. The lowest BCUT2D eigenvalue weighted by atomic mass is 10.2. The van der Waals surface area contributed by atoms with Gasteiger partial charge in [0.05, 0.1) is 28.1 Å². The summed E-state index contributed by atoms with van der Waals surface area (Å²) in [6.45, 7) is 4.95. The van der Waals surface area contributed by atoms with Gasteiger partial charge in [-0.05, 0) is 50.2 Å². The Morgan fingerprint density at radius 3 is 2.54 bits per heavy atom. The molecule has 2 aromatic rings. The zero-order valence-electron chi connectivity index (χ0n) is 18.7. The summed E-state index contributed by atoms with van der Waals surface area (Å²) in [6.07, 6.45) is 2.52. The second-order valence-corrected chi connectivity index (χ2v) is 8.91. The average molecular weight is 516 g/mol. The van der Waals surface area contributed by atoms with Crippen LogP contribution < -0.4 is 25.6 Å². The first kappa shape index (κ1) is 24.6. The van der Waals surface area contributed by atoms with E-state index in [1.165, 1.54) is 31.0 Å². The van der Waals surface area contributed by atoms with Crippen molar-refractivity contribution in [3.05, 3.63) is 40.4 Å². The zero-order chi connectivity index (χ0) is 24.9. The number of ether oxygens (including phenoxy) is 1. The van der Waals surface area contributed by atoms with Crippen molar-refractivity contribution in [3.8, 4) is 17.6 Å². The van der Waals surface area contributed by atoms with Crippen LogP contribution in [0.15, 0.2) is 30.3 Å². The van der Waals surface area contributed by atoms with Gasteiger partial charge in [0.15, 0.2) is 11.5 Å². The second-order valence-electron chi connectivity index (χ2n) is 8.09. The first-order chi connectivity index (χ1) is 16.8. The third-order valence-corrected chi connectivity index (χ3v) is 6.26. The van der Waals surface area contributed by atoms with Crippen LogP contribution in [0.25, 0.3) is 0 Å². The highest BCUT2D eigenvalue weighted by atomic mass is 35.5. The van der Waals surface area contributed by atoms with E-state index in [0.29, 0.717) is 5.75 Å². The van der Waals surface area contributed by atoms with Crippen LogP contribution in [0.5, 0.6) is 11.5 Å². The molecule has 2 aromatic carbocycles. The maximum absolute atomic E-state index is 11.9. The molecular weight excluding hydrogens is 493 g/mol. The Balaban J connectivity index is 1.42. The first-order valence-corrected chi connectivity index (χ1v) is 11.7. The molecule has 0 aliphatic carbocycles. The highest BCUT2D eigenvalue weighted by molar-refractivity contribution is 6.46. The molecule has 2 heterocycles. The minimum Gasteiger partial charge on any atom is -0.454 e. The van der Waals surface area contributed by atoms with Gasteiger partial charge in [0.2, 0.25) is 0 Å². The van der Waals surface area contributed by atoms with E-state index >= 15 is 0 Å². The zero-order valence-corrected chi connectivity index (χ0v) is 20.2. The Bertz CT molecular complexity index is 1190. The summed E-state index contributed by atoms with van der Waals surface area (Å²) in [6, 6.07) is 8.93. The Morgan fingerprint density at radius 2 is 1.86 bits per heavy atom. The van der Waals surface area contributed by atoms with Crippen LogP contribution in [0.1, 0.15) is 12.8 Å². The van der Waals surface area contributed by atoms with E-state index in [1.54, 1.807) is 0 Å². The number of fused-ring (bicyclic) bond motifs is 1. The predicted molar refractivity (Wildman–Crippen MR) is 135 cm³/mol. The number of nitriles is 1. The molecule has 2 aliphatic heterocycles. The van der Waals surface area contributed by atoms with Gasteiger partial charge in [-0.3, -0.25) is 15.5 Å². The van der Waals surface area contributed by atoms with Crippen molar-refractivity contribution in [2.75, 3.05) is 48.4 Å². The number of benzene rings is 2. The fraction of sp³-hybridized carbons (Fsp3) is 0.304. The average Bonchev–Trinajstić information content (AvgIpc) is 3.49. The fourth-order valence-electron chi connectivity index (χ4n) is 3.95. The third-order valence-electron chi connectivity index (χ3n) is 5.70. The predicted octanol–water partition coefficient (Wildman–Crippen LogP) is 4.26. The summed E-state index contributed by atoms with van der Waals surface area (Å²) in [5, 5.41) is 23.6. The molecule has 0 atom stereocenters. The molecule has 0 spiro atoms. The van der Waals surface area contributed by atoms with Gasteiger partial charge >= 0.3 is 6.03 Å². The van der Waals surface area contributed by atoms with E-state index in [4.69, 9.17) is 38.6 Å². The number of imide groups is 1. The van der Waals surface area contributed by atoms with Crippen LogP contribution in [0, 0.1) is 16.7 Å². The van der Waals surface area contributed by atoms with Crippen molar-refractivity contribution in [2.24, 2.45) is 0 Å². The Labute approximate surface area is 212 Å². The first-order valence-electron chi connectivity index (χ1n) is 11.0. The minimum atomic E-state index is -1.12. The minimum absolute atomic E-state index is 0.147. The van der Waals surface area contributed by atoms with Gasteiger partial charge in [0.1, 0.15) is 11.8 Å². The number of anilines is 3. The largest absolute Gasteiger partial charge is 0.454 e.